The zero-order valence-electron chi connectivity index (χ0n) is 12.7. The molecule has 1 N–H and O–H groups in total. The van der Waals surface area contributed by atoms with Gasteiger partial charge in [-0.25, -0.2) is 4.98 Å². The van der Waals surface area contributed by atoms with Crippen LogP contribution >= 0.6 is 0 Å². The predicted molar refractivity (Wildman–Crippen MR) is 83.4 cm³/mol. The summed E-state index contributed by atoms with van der Waals surface area (Å²) in [5, 5.41) is 3.21. The van der Waals surface area contributed by atoms with Gasteiger partial charge in [0.05, 0.1) is 5.69 Å². The van der Waals surface area contributed by atoms with Crippen LogP contribution in [0.2, 0.25) is 0 Å². The van der Waals surface area contributed by atoms with Crippen LogP contribution in [0.5, 0.6) is 5.75 Å². The number of pyridine rings is 1. The van der Waals surface area contributed by atoms with Crippen molar-refractivity contribution >= 4 is 5.82 Å². The molecular weight excluding hydrogens is 248 g/mol. The number of hydrogen-bond donors (Lipinski definition) is 1. The molecular formula is C17H22N2O. The van der Waals surface area contributed by atoms with E-state index in [9.17, 15) is 0 Å². The van der Waals surface area contributed by atoms with Crippen LogP contribution in [0.25, 0.3) is 0 Å². The molecule has 3 nitrogen and oxygen atoms in total. The van der Waals surface area contributed by atoms with E-state index in [1.54, 1.807) is 0 Å². The minimum absolute atomic E-state index is 0.490. The third-order valence-corrected chi connectivity index (χ3v) is 3.13. The molecule has 0 atom stereocenters. The highest BCUT2D eigenvalue weighted by molar-refractivity contribution is 5.43. The van der Waals surface area contributed by atoms with Crippen molar-refractivity contribution in [2.45, 2.75) is 34.3 Å². The molecule has 0 unspecified atom stereocenters. The molecule has 0 fully saturated rings. The van der Waals surface area contributed by atoms with E-state index in [0.717, 1.165) is 23.8 Å². The van der Waals surface area contributed by atoms with E-state index in [2.05, 4.69) is 50.1 Å². The van der Waals surface area contributed by atoms with E-state index < -0.39 is 0 Å². The Morgan fingerprint density at radius 1 is 1.10 bits per heavy atom. The lowest BCUT2D eigenvalue weighted by Gasteiger charge is -2.13. The Kier molecular flexibility index (Phi) is 4.61. The monoisotopic (exact) mass is 270 g/mol. The largest absolute Gasteiger partial charge is 0.487 e. The van der Waals surface area contributed by atoms with Crippen LogP contribution in [0.3, 0.4) is 0 Å². The van der Waals surface area contributed by atoms with Gasteiger partial charge in [-0.1, -0.05) is 23.8 Å². The van der Waals surface area contributed by atoms with E-state index in [1.807, 2.05) is 18.2 Å². The summed E-state index contributed by atoms with van der Waals surface area (Å²) in [4.78, 5) is 4.52. The van der Waals surface area contributed by atoms with Crippen molar-refractivity contribution in [3.8, 4) is 5.75 Å². The van der Waals surface area contributed by atoms with Crippen LogP contribution in [0.1, 0.15) is 29.3 Å². The molecule has 1 aromatic carbocycles. The molecule has 0 spiro atoms. The fourth-order valence-corrected chi connectivity index (χ4v) is 2.38. The van der Waals surface area contributed by atoms with Gasteiger partial charge in [-0.05, 0) is 51.0 Å². The first-order valence-corrected chi connectivity index (χ1v) is 7.00. The Morgan fingerprint density at radius 3 is 2.45 bits per heavy atom. The quantitative estimate of drug-likeness (QED) is 0.891. The third kappa shape index (κ3) is 3.50. The van der Waals surface area contributed by atoms with E-state index in [-0.39, 0.29) is 0 Å². The maximum absolute atomic E-state index is 5.95. The molecule has 0 bridgehead atoms. The fraction of sp³-hybridized carbons (Fsp3) is 0.353. The second-order valence-corrected chi connectivity index (χ2v) is 5.06. The van der Waals surface area contributed by atoms with Crippen molar-refractivity contribution in [1.82, 2.24) is 4.98 Å². The van der Waals surface area contributed by atoms with Crippen molar-refractivity contribution in [3.63, 3.8) is 0 Å². The zero-order chi connectivity index (χ0) is 14.5. The Balaban J connectivity index is 2.11. The Bertz CT molecular complexity index is 570. The lowest BCUT2D eigenvalue weighted by atomic mass is 10.1. The van der Waals surface area contributed by atoms with Crippen LogP contribution in [-0.2, 0) is 6.61 Å². The summed E-state index contributed by atoms with van der Waals surface area (Å²) >= 11 is 0. The summed E-state index contributed by atoms with van der Waals surface area (Å²) < 4.78 is 5.95. The molecule has 0 aliphatic heterocycles. The molecule has 1 aromatic heterocycles. The highest BCUT2D eigenvalue weighted by Crippen LogP contribution is 2.25. The number of aromatic nitrogens is 1. The van der Waals surface area contributed by atoms with E-state index >= 15 is 0 Å². The van der Waals surface area contributed by atoms with Crippen LogP contribution in [-0.4, -0.2) is 11.5 Å². The first-order valence-electron chi connectivity index (χ1n) is 7.00. The van der Waals surface area contributed by atoms with Crippen molar-refractivity contribution in [2.24, 2.45) is 0 Å². The minimum Gasteiger partial charge on any atom is -0.487 e. The number of rotatable bonds is 5. The van der Waals surface area contributed by atoms with Crippen LogP contribution < -0.4 is 10.1 Å². The summed E-state index contributed by atoms with van der Waals surface area (Å²) in [7, 11) is 0. The van der Waals surface area contributed by atoms with Gasteiger partial charge < -0.3 is 10.1 Å². The highest BCUT2D eigenvalue weighted by atomic mass is 16.5. The minimum atomic E-state index is 0.490. The molecule has 0 saturated heterocycles. The lowest BCUT2D eigenvalue weighted by Crippen LogP contribution is -2.04. The summed E-state index contributed by atoms with van der Waals surface area (Å²) in [6.07, 6.45) is 0. The molecule has 0 radical (unpaired) electrons. The normalized spacial score (nSPS) is 10.4. The SMILES string of the molecule is CCNc1cccc(COc2c(C)cc(C)cc2C)n1. The maximum Gasteiger partial charge on any atom is 0.130 e. The first kappa shape index (κ1) is 14.4. The summed E-state index contributed by atoms with van der Waals surface area (Å²) in [6.45, 7) is 9.68. The van der Waals surface area contributed by atoms with E-state index in [1.165, 1.54) is 16.7 Å². The molecule has 106 valence electrons. The number of aryl methyl sites for hydroxylation is 3. The molecule has 2 aromatic rings. The van der Waals surface area contributed by atoms with Crippen molar-refractivity contribution in [1.29, 1.82) is 0 Å². The Hall–Kier alpha value is -2.03. The van der Waals surface area contributed by atoms with E-state index in [0.29, 0.717) is 6.61 Å². The standard InChI is InChI=1S/C17H22N2O/c1-5-18-16-8-6-7-15(19-16)11-20-17-13(3)9-12(2)10-14(17)4/h6-10H,5,11H2,1-4H3,(H,18,19). The highest BCUT2D eigenvalue weighted by Gasteiger charge is 2.06. The van der Waals surface area contributed by atoms with Crippen molar-refractivity contribution in [3.05, 3.63) is 52.7 Å². The van der Waals surface area contributed by atoms with Crippen molar-refractivity contribution < 1.29 is 4.74 Å². The van der Waals surface area contributed by atoms with E-state index in [4.69, 9.17) is 4.74 Å². The predicted octanol–water partition coefficient (Wildman–Crippen LogP) is 4.02. The number of nitrogens with zero attached hydrogens (tertiary/aromatic N) is 1. The summed E-state index contributed by atoms with van der Waals surface area (Å²) in [6, 6.07) is 10.2. The number of benzene rings is 1. The molecule has 2 rings (SSSR count). The first-order chi connectivity index (χ1) is 9.60. The maximum atomic E-state index is 5.95. The number of ether oxygens (including phenoxy) is 1. The van der Waals surface area contributed by atoms with Crippen LogP contribution in [0.4, 0.5) is 5.82 Å². The average Bonchev–Trinajstić information content (AvgIpc) is 2.38. The lowest BCUT2D eigenvalue weighted by molar-refractivity contribution is 0.297. The van der Waals surface area contributed by atoms with Gasteiger partial charge >= 0.3 is 0 Å². The number of nitrogens with one attached hydrogen (secondary N) is 1. The van der Waals surface area contributed by atoms with Gasteiger partial charge in [-0.15, -0.1) is 0 Å². The van der Waals surface area contributed by atoms with Crippen LogP contribution in [0, 0.1) is 20.8 Å². The van der Waals surface area contributed by atoms with Gasteiger partial charge in [-0.2, -0.15) is 0 Å². The molecule has 0 aliphatic carbocycles. The van der Waals surface area contributed by atoms with Gasteiger partial charge in [0, 0.05) is 6.54 Å². The second-order valence-electron chi connectivity index (χ2n) is 5.06. The van der Waals surface area contributed by atoms with Gasteiger partial charge in [0.15, 0.2) is 0 Å². The van der Waals surface area contributed by atoms with Crippen LogP contribution in [0.15, 0.2) is 30.3 Å². The Morgan fingerprint density at radius 2 is 1.80 bits per heavy atom. The number of hydrogen-bond acceptors (Lipinski definition) is 3. The summed E-state index contributed by atoms with van der Waals surface area (Å²) in [5.74, 6) is 1.86. The van der Waals surface area contributed by atoms with Gasteiger partial charge in [-0.3, -0.25) is 0 Å². The molecule has 3 heteroatoms. The number of anilines is 1. The molecule has 0 aliphatic rings. The molecule has 1 heterocycles. The molecule has 0 saturated carbocycles. The van der Waals surface area contributed by atoms with Gasteiger partial charge in [0.2, 0.25) is 0 Å². The topological polar surface area (TPSA) is 34.1 Å². The van der Waals surface area contributed by atoms with Gasteiger partial charge in [0.25, 0.3) is 0 Å². The zero-order valence-corrected chi connectivity index (χ0v) is 12.7. The van der Waals surface area contributed by atoms with Crippen molar-refractivity contribution in [2.75, 3.05) is 11.9 Å². The average molecular weight is 270 g/mol. The molecule has 0 amide bonds. The third-order valence-electron chi connectivity index (χ3n) is 3.13. The summed E-state index contributed by atoms with van der Waals surface area (Å²) in [5.41, 5.74) is 4.54. The Labute approximate surface area is 121 Å². The fourth-order valence-electron chi connectivity index (χ4n) is 2.38. The smallest absolute Gasteiger partial charge is 0.130 e. The molecule has 20 heavy (non-hydrogen) atoms. The van der Waals surface area contributed by atoms with Gasteiger partial charge in [0.1, 0.15) is 18.2 Å². The second kappa shape index (κ2) is 6.42.